The first-order valence-electron chi connectivity index (χ1n) is 17.8. The zero-order chi connectivity index (χ0) is 35.6. The topological polar surface area (TPSA) is 76.2 Å². The van der Waals surface area contributed by atoms with Crippen LogP contribution in [-0.4, -0.2) is 20.9 Å². The van der Waals surface area contributed by atoms with Gasteiger partial charge in [-0.1, -0.05) is 82.7 Å². The Morgan fingerprint density at radius 3 is 2.31 bits per heavy atom. The van der Waals surface area contributed by atoms with Crippen molar-refractivity contribution in [1.82, 2.24) is 9.97 Å². The van der Waals surface area contributed by atoms with Crippen LogP contribution >= 0.6 is 11.3 Å². The number of aromatic nitrogens is 2. The summed E-state index contributed by atoms with van der Waals surface area (Å²) in [5, 5.41) is 12.7. The minimum absolute atomic E-state index is 0. The molecular formula is C42H49IrN2O3S-. The van der Waals surface area contributed by atoms with E-state index in [-0.39, 0.29) is 48.9 Å². The molecule has 49 heavy (non-hydrogen) atoms. The van der Waals surface area contributed by atoms with Crippen molar-refractivity contribution in [2.24, 2.45) is 17.3 Å². The van der Waals surface area contributed by atoms with Gasteiger partial charge in [0.25, 0.3) is 0 Å². The number of benzene rings is 3. The SMILES string of the molecule is CCC(CC)C(=O)/C=C(\O)C(CC)CC.[2H]c1cc(-c2ncnc3c2sc2c4cc(CC(C)(C)C)ccc4oc32)[c-]c2cc(C)c(C)cc12.[Ir]. The van der Waals surface area contributed by atoms with Crippen LogP contribution in [0.3, 0.4) is 0 Å². The molecule has 0 saturated heterocycles. The quantitative estimate of drug-likeness (QED) is 0.0891. The summed E-state index contributed by atoms with van der Waals surface area (Å²) in [7, 11) is 0. The third-order valence-electron chi connectivity index (χ3n) is 9.28. The number of aryl methyl sites for hydroxylation is 2. The van der Waals surface area contributed by atoms with Crippen LogP contribution in [0.5, 0.6) is 0 Å². The average molecular weight is 855 g/mol. The van der Waals surface area contributed by atoms with E-state index in [0.717, 1.165) is 85.6 Å². The number of carbonyl (C=O) groups is 1. The predicted molar refractivity (Wildman–Crippen MR) is 203 cm³/mol. The van der Waals surface area contributed by atoms with E-state index in [2.05, 4.69) is 81.0 Å². The fourth-order valence-electron chi connectivity index (χ4n) is 6.30. The number of fused-ring (bicyclic) bond motifs is 6. The van der Waals surface area contributed by atoms with Crippen molar-refractivity contribution in [2.45, 2.75) is 94.4 Å². The minimum Gasteiger partial charge on any atom is -0.512 e. The summed E-state index contributed by atoms with van der Waals surface area (Å²) >= 11 is 1.66. The van der Waals surface area contributed by atoms with Crippen LogP contribution in [-0.2, 0) is 31.3 Å². The Hall–Kier alpha value is -3.38. The number of aliphatic hydroxyl groups is 1. The fraction of sp³-hybridized carbons (Fsp3) is 0.405. The number of furan rings is 1. The first-order chi connectivity index (χ1) is 23.3. The Balaban J connectivity index is 0.000000301. The van der Waals surface area contributed by atoms with Gasteiger partial charge in [-0.3, -0.25) is 9.78 Å². The van der Waals surface area contributed by atoms with Gasteiger partial charge in [0, 0.05) is 50.5 Å². The zero-order valence-electron chi connectivity index (χ0n) is 31.2. The number of hydrogen-bond acceptors (Lipinski definition) is 6. The van der Waals surface area contributed by atoms with Crippen molar-refractivity contribution in [2.75, 3.05) is 0 Å². The van der Waals surface area contributed by atoms with Gasteiger partial charge >= 0.3 is 0 Å². The van der Waals surface area contributed by atoms with Gasteiger partial charge in [0.05, 0.1) is 15.2 Å². The molecule has 0 amide bonds. The van der Waals surface area contributed by atoms with E-state index in [1.807, 2.05) is 33.8 Å². The summed E-state index contributed by atoms with van der Waals surface area (Å²) in [6.07, 6.45) is 7.50. The van der Waals surface area contributed by atoms with Gasteiger partial charge < -0.3 is 9.52 Å². The van der Waals surface area contributed by atoms with Crippen molar-refractivity contribution in [3.05, 3.63) is 83.4 Å². The second-order valence-corrected chi connectivity index (χ2v) is 15.2. The number of rotatable bonds is 9. The maximum Gasteiger partial charge on any atom is 0.171 e. The molecule has 0 spiro atoms. The molecule has 3 aromatic carbocycles. The summed E-state index contributed by atoms with van der Waals surface area (Å²) in [5.41, 5.74) is 8.03. The van der Waals surface area contributed by atoms with Crippen LogP contribution < -0.4 is 0 Å². The van der Waals surface area contributed by atoms with E-state index < -0.39 is 0 Å². The normalized spacial score (nSPS) is 12.6. The van der Waals surface area contributed by atoms with Crippen molar-refractivity contribution in [3.8, 4) is 11.3 Å². The molecule has 5 nitrogen and oxygen atoms in total. The van der Waals surface area contributed by atoms with Crippen LogP contribution in [0.1, 0.15) is 92.2 Å². The number of hydrogen-bond donors (Lipinski definition) is 1. The van der Waals surface area contributed by atoms with Crippen molar-refractivity contribution < 1.29 is 35.8 Å². The Bertz CT molecular complexity index is 2170. The fourth-order valence-corrected chi connectivity index (χ4v) is 7.51. The summed E-state index contributed by atoms with van der Waals surface area (Å²) < 4.78 is 17.0. The van der Waals surface area contributed by atoms with Gasteiger partial charge in [-0.05, 0) is 69.1 Å². The summed E-state index contributed by atoms with van der Waals surface area (Å²) in [6.45, 7) is 19.0. The standard InChI is InChI=1S/C29H25N2OS.C13H24O2.Ir/c1-16-10-19-7-8-20(13-21(19)11-17(16)2)24-28-25(31-15-30-24)26-27(33-28)22-12-18(14-29(3,4)5)6-9-23(22)32-26;1-5-10(6-2)12(14)9-13(15)11(7-3)8-4;/h6-12,15H,14H2,1-5H3;9-11,14H,5-8H2,1-4H3;/q-1;;/b;12-9-;/i7D;;. The predicted octanol–water partition coefficient (Wildman–Crippen LogP) is 12.3. The van der Waals surface area contributed by atoms with Crippen LogP contribution in [0.15, 0.2) is 65.0 Å². The molecule has 7 heteroatoms. The van der Waals surface area contributed by atoms with Crippen LogP contribution in [0.4, 0.5) is 0 Å². The smallest absolute Gasteiger partial charge is 0.171 e. The second kappa shape index (κ2) is 16.1. The molecule has 261 valence electrons. The molecule has 6 rings (SSSR count). The van der Waals surface area contributed by atoms with Gasteiger partial charge in [-0.25, -0.2) is 4.98 Å². The molecular weight excluding hydrogens is 805 g/mol. The molecule has 3 heterocycles. The van der Waals surface area contributed by atoms with Crippen molar-refractivity contribution >= 4 is 59.4 Å². The molecule has 0 atom stereocenters. The Morgan fingerprint density at radius 2 is 1.65 bits per heavy atom. The Labute approximate surface area is 310 Å². The summed E-state index contributed by atoms with van der Waals surface area (Å²) in [5.74, 6) is 0.547. The van der Waals surface area contributed by atoms with Crippen LogP contribution in [0, 0.1) is 37.2 Å². The van der Waals surface area contributed by atoms with Crippen molar-refractivity contribution in [3.63, 3.8) is 0 Å². The third-order valence-corrected chi connectivity index (χ3v) is 10.5. The van der Waals surface area contributed by atoms with E-state index >= 15 is 0 Å². The molecule has 0 aliphatic rings. The number of aliphatic hydroxyl groups excluding tert-OH is 1. The number of thiophene rings is 1. The number of ketones is 1. The molecule has 6 aromatic rings. The number of carbonyl (C=O) groups excluding carboxylic acids is 1. The van der Waals surface area contributed by atoms with Crippen LogP contribution in [0.25, 0.3) is 53.5 Å². The average Bonchev–Trinajstić information content (AvgIpc) is 3.59. The molecule has 0 saturated carbocycles. The molecule has 1 N–H and O–H groups in total. The molecule has 0 aliphatic heterocycles. The van der Waals surface area contributed by atoms with E-state index in [1.165, 1.54) is 22.8 Å². The van der Waals surface area contributed by atoms with Crippen LogP contribution in [0.2, 0.25) is 0 Å². The first-order valence-corrected chi connectivity index (χ1v) is 18.1. The van der Waals surface area contributed by atoms with E-state index in [1.54, 1.807) is 17.7 Å². The number of nitrogens with zero attached hydrogens (tertiary/aromatic N) is 2. The Kier molecular flexibility index (Phi) is 12.1. The van der Waals surface area contributed by atoms with E-state index in [0.29, 0.717) is 6.04 Å². The van der Waals surface area contributed by atoms with Gasteiger partial charge in [-0.15, -0.1) is 41.0 Å². The molecule has 0 aliphatic carbocycles. The Morgan fingerprint density at radius 1 is 0.980 bits per heavy atom. The maximum absolute atomic E-state index is 11.7. The van der Waals surface area contributed by atoms with Gasteiger partial charge in [-0.2, -0.15) is 0 Å². The first kappa shape index (κ1) is 36.9. The van der Waals surface area contributed by atoms with Gasteiger partial charge in [0.15, 0.2) is 11.4 Å². The van der Waals surface area contributed by atoms with Crippen molar-refractivity contribution in [1.29, 1.82) is 0 Å². The minimum atomic E-state index is 0. The summed E-state index contributed by atoms with van der Waals surface area (Å²) in [6, 6.07) is 16.5. The summed E-state index contributed by atoms with van der Waals surface area (Å²) in [4.78, 5) is 20.9. The second-order valence-electron chi connectivity index (χ2n) is 14.1. The maximum atomic E-state index is 11.7. The monoisotopic (exact) mass is 855 g/mol. The largest absolute Gasteiger partial charge is 0.512 e. The molecule has 1 radical (unpaired) electrons. The molecule has 0 unspecified atom stereocenters. The number of allylic oxidation sites excluding steroid dienone is 2. The zero-order valence-corrected chi connectivity index (χ0v) is 33.4. The molecule has 3 aromatic heterocycles. The molecule has 0 bridgehead atoms. The third kappa shape index (κ3) is 8.50. The van der Waals surface area contributed by atoms with E-state index in [9.17, 15) is 9.90 Å². The van der Waals surface area contributed by atoms with Gasteiger partial charge in [0.2, 0.25) is 0 Å². The van der Waals surface area contributed by atoms with E-state index in [4.69, 9.17) is 5.79 Å². The van der Waals surface area contributed by atoms with Gasteiger partial charge in [0.1, 0.15) is 17.4 Å². The molecule has 0 fully saturated rings.